The summed E-state index contributed by atoms with van der Waals surface area (Å²) in [5, 5.41) is -0.0164. The van der Waals surface area contributed by atoms with Crippen LogP contribution in [-0.2, 0) is 0 Å². The Hall–Kier alpha value is -1.35. The maximum Gasteiger partial charge on any atom is 0.194 e. The third-order valence-corrected chi connectivity index (χ3v) is 1.59. The molecule has 0 unspecified atom stereocenters. The molecule has 0 saturated carbocycles. The monoisotopic (exact) mass is 195 g/mol. The minimum atomic E-state index is -0.0164. The van der Waals surface area contributed by atoms with Gasteiger partial charge in [-0.1, -0.05) is 18.2 Å². The lowest BCUT2D eigenvalue weighted by atomic mass is 10.2. The fourth-order valence-electron chi connectivity index (χ4n) is 0.854. The first-order valence-electron chi connectivity index (χ1n) is 3.77. The number of benzene rings is 1. The van der Waals surface area contributed by atoms with Crippen LogP contribution in [0.5, 0.6) is 0 Å². The molecule has 1 aromatic carbocycles. The maximum atomic E-state index is 5.32. The molecule has 4 heteroatoms. The summed E-state index contributed by atoms with van der Waals surface area (Å²) in [6.07, 6.45) is 1.34. The molecular weight excluding hydrogens is 186 g/mol. The van der Waals surface area contributed by atoms with Crippen LogP contribution in [-0.4, -0.2) is 11.6 Å². The van der Waals surface area contributed by atoms with Gasteiger partial charge >= 0.3 is 0 Å². The molecule has 0 radical (unpaired) electrons. The van der Waals surface area contributed by atoms with E-state index in [0.29, 0.717) is 0 Å². The van der Waals surface area contributed by atoms with Crippen LogP contribution < -0.4 is 5.73 Å². The van der Waals surface area contributed by atoms with Crippen LogP contribution in [0.3, 0.4) is 0 Å². The Kier molecular flexibility index (Phi) is 3.46. The molecule has 0 fully saturated rings. The number of hydrogen-bond donors (Lipinski definition) is 1. The van der Waals surface area contributed by atoms with Gasteiger partial charge in [-0.25, -0.2) is 9.98 Å². The van der Waals surface area contributed by atoms with E-state index >= 15 is 0 Å². The van der Waals surface area contributed by atoms with E-state index in [0.717, 1.165) is 11.3 Å². The van der Waals surface area contributed by atoms with Crippen molar-refractivity contribution in [3.05, 3.63) is 29.8 Å². The minimum Gasteiger partial charge on any atom is -0.374 e. The predicted molar refractivity (Wildman–Crippen MR) is 56.8 cm³/mol. The topological polar surface area (TPSA) is 50.7 Å². The molecule has 2 N–H and O–H groups in total. The fourth-order valence-corrected chi connectivity index (χ4v) is 0.898. The van der Waals surface area contributed by atoms with Gasteiger partial charge in [-0.3, -0.25) is 0 Å². The van der Waals surface area contributed by atoms with Crippen molar-refractivity contribution in [2.45, 2.75) is 6.92 Å². The van der Waals surface area contributed by atoms with E-state index in [9.17, 15) is 0 Å². The van der Waals surface area contributed by atoms with E-state index in [4.69, 9.17) is 17.3 Å². The van der Waals surface area contributed by atoms with Gasteiger partial charge in [0.2, 0.25) is 0 Å². The summed E-state index contributed by atoms with van der Waals surface area (Å²) < 4.78 is 0. The van der Waals surface area contributed by atoms with Crippen molar-refractivity contribution in [1.82, 2.24) is 0 Å². The van der Waals surface area contributed by atoms with Crippen molar-refractivity contribution < 1.29 is 0 Å². The van der Waals surface area contributed by atoms with Crippen molar-refractivity contribution in [1.29, 1.82) is 0 Å². The molecule has 0 aliphatic rings. The van der Waals surface area contributed by atoms with Crippen LogP contribution in [0.1, 0.15) is 5.56 Å². The summed E-state index contributed by atoms with van der Waals surface area (Å²) in [5.74, 6) is 0. The van der Waals surface area contributed by atoms with Gasteiger partial charge in [-0.2, -0.15) is 0 Å². The average Bonchev–Trinajstić information content (AvgIpc) is 2.08. The van der Waals surface area contributed by atoms with Crippen LogP contribution in [0.25, 0.3) is 0 Å². The Morgan fingerprint density at radius 3 is 2.77 bits per heavy atom. The zero-order chi connectivity index (χ0) is 9.68. The molecule has 0 aliphatic heterocycles. The molecule has 1 aromatic rings. The van der Waals surface area contributed by atoms with Crippen molar-refractivity contribution in [2.24, 2.45) is 15.7 Å². The number of nitrogens with two attached hydrogens (primary N) is 1. The van der Waals surface area contributed by atoms with Crippen LogP contribution in [0, 0.1) is 6.92 Å². The maximum absolute atomic E-state index is 5.32. The Labute approximate surface area is 82.0 Å². The number of amidine groups is 1. The van der Waals surface area contributed by atoms with E-state index < -0.39 is 0 Å². The zero-order valence-corrected chi connectivity index (χ0v) is 7.99. The highest BCUT2D eigenvalue weighted by atomic mass is 35.5. The molecule has 1 rings (SSSR count). The molecule has 0 heterocycles. The molecule has 0 aliphatic carbocycles. The van der Waals surface area contributed by atoms with Gasteiger partial charge in [0.1, 0.15) is 6.34 Å². The lowest BCUT2D eigenvalue weighted by molar-refractivity contribution is 1.40. The molecular formula is C9H10ClN3. The van der Waals surface area contributed by atoms with Gasteiger partial charge in [-0.05, 0) is 30.2 Å². The van der Waals surface area contributed by atoms with Crippen molar-refractivity contribution in [3.8, 4) is 0 Å². The van der Waals surface area contributed by atoms with Gasteiger partial charge in [0.05, 0.1) is 5.69 Å². The Morgan fingerprint density at radius 1 is 1.46 bits per heavy atom. The summed E-state index contributed by atoms with van der Waals surface area (Å²) in [6, 6.07) is 7.73. The standard InChI is InChI=1S/C9H10ClN3/c1-7-4-2-3-5-8(7)12-6-13-9(10)11/h2-6H,1H3,(H2,11,12,13). The van der Waals surface area contributed by atoms with Crippen molar-refractivity contribution in [2.75, 3.05) is 0 Å². The lowest BCUT2D eigenvalue weighted by Crippen LogP contribution is -2.00. The summed E-state index contributed by atoms with van der Waals surface area (Å²) in [5.41, 5.74) is 7.07. The molecule has 0 saturated heterocycles. The number of aryl methyl sites for hydroxylation is 1. The van der Waals surface area contributed by atoms with E-state index in [2.05, 4.69) is 9.98 Å². The Balaban J connectivity index is 2.80. The second-order valence-corrected chi connectivity index (χ2v) is 2.87. The molecule has 13 heavy (non-hydrogen) atoms. The van der Waals surface area contributed by atoms with Gasteiger partial charge in [0.15, 0.2) is 5.29 Å². The third-order valence-electron chi connectivity index (χ3n) is 1.49. The number of nitrogens with zero attached hydrogens (tertiary/aromatic N) is 2. The number of para-hydroxylation sites is 1. The number of hydrogen-bond acceptors (Lipinski definition) is 1. The smallest absolute Gasteiger partial charge is 0.194 e. The van der Waals surface area contributed by atoms with E-state index in [1.165, 1.54) is 6.34 Å². The second-order valence-electron chi connectivity index (χ2n) is 2.48. The van der Waals surface area contributed by atoms with Crippen LogP contribution in [0.15, 0.2) is 34.3 Å². The molecule has 0 spiro atoms. The highest BCUT2D eigenvalue weighted by Gasteiger charge is 1.90. The molecule has 0 atom stereocenters. The number of halogens is 1. The average molecular weight is 196 g/mol. The van der Waals surface area contributed by atoms with Gasteiger partial charge < -0.3 is 5.73 Å². The van der Waals surface area contributed by atoms with E-state index in [-0.39, 0.29) is 5.29 Å². The quantitative estimate of drug-likeness (QED) is 0.439. The number of aliphatic imine (C=N–C) groups is 2. The predicted octanol–water partition coefficient (Wildman–Crippen LogP) is 2.21. The summed E-state index contributed by atoms with van der Waals surface area (Å²) >= 11 is 5.32. The first-order valence-corrected chi connectivity index (χ1v) is 4.15. The molecule has 0 aromatic heterocycles. The van der Waals surface area contributed by atoms with Crippen molar-refractivity contribution in [3.63, 3.8) is 0 Å². The van der Waals surface area contributed by atoms with Gasteiger partial charge in [-0.15, -0.1) is 0 Å². The highest BCUT2D eigenvalue weighted by molar-refractivity contribution is 6.64. The highest BCUT2D eigenvalue weighted by Crippen LogP contribution is 2.15. The van der Waals surface area contributed by atoms with Crippen LogP contribution in [0.4, 0.5) is 5.69 Å². The Bertz CT molecular complexity index is 340. The summed E-state index contributed by atoms with van der Waals surface area (Å²) in [6.45, 7) is 1.97. The normalized spacial score (nSPS) is 12.3. The van der Waals surface area contributed by atoms with Gasteiger partial charge in [0.25, 0.3) is 0 Å². The fraction of sp³-hybridized carbons (Fsp3) is 0.111. The summed E-state index contributed by atoms with van der Waals surface area (Å²) in [7, 11) is 0. The lowest BCUT2D eigenvalue weighted by Gasteiger charge is -1.95. The zero-order valence-electron chi connectivity index (χ0n) is 7.24. The van der Waals surface area contributed by atoms with Crippen LogP contribution >= 0.6 is 11.6 Å². The van der Waals surface area contributed by atoms with Crippen molar-refractivity contribution >= 4 is 28.9 Å². The largest absolute Gasteiger partial charge is 0.374 e. The first kappa shape index (κ1) is 9.74. The molecule has 3 nitrogen and oxygen atoms in total. The Morgan fingerprint density at radius 2 is 2.15 bits per heavy atom. The first-order chi connectivity index (χ1) is 6.20. The van der Waals surface area contributed by atoms with E-state index in [1.807, 2.05) is 31.2 Å². The van der Waals surface area contributed by atoms with Crippen LogP contribution in [0.2, 0.25) is 0 Å². The molecule has 0 bridgehead atoms. The van der Waals surface area contributed by atoms with E-state index in [1.54, 1.807) is 0 Å². The minimum absolute atomic E-state index is 0.0164. The number of rotatable bonds is 2. The summed E-state index contributed by atoms with van der Waals surface area (Å²) in [4.78, 5) is 7.70. The molecule has 0 amide bonds. The second kappa shape index (κ2) is 4.62. The van der Waals surface area contributed by atoms with Gasteiger partial charge in [0, 0.05) is 0 Å². The third kappa shape index (κ3) is 3.25. The SMILES string of the molecule is Cc1ccccc1N=CN=C(N)Cl. The molecule has 68 valence electrons.